The molecule has 1 rings (SSSR count). The zero-order valence-corrected chi connectivity index (χ0v) is 20.9. The summed E-state index contributed by atoms with van der Waals surface area (Å²) in [5.41, 5.74) is 0.312. The molecule has 7 heteroatoms. The van der Waals surface area contributed by atoms with Gasteiger partial charge in [0.1, 0.15) is 17.7 Å². The van der Waals surface area contributed by atoms with Gasteiger partial charge >= 0.3 is 6.09 Å². The molecule has 0 saturated heterocycles. The Morgan fingerprint density at radius 1 is 1.09 bits per heavy atom. The lowest BCUT2D eigenvalue weighted by Gasteiger charge is -2.34. The summed E-state index contributed by atoms with van der Waals surface area (Å²) in [7, 11) is 1.57. The van der Waals surface area contributed by atoms with E-state index in [0.29, 0.717) is 5.56 Å². The van der Waals surface area contributed by atoms with Gasteiger partial charge in [0.15, 0.2) is 0 Å². The van der Waals surface area contributed by atoms with Crippen molar-refractivity contribution in [3.63, 3.8) is 0 Å². The highest BCUT2D eigenvalue weighted by Gasteiger charge is 2.36. The summed E-state index contributed by atoms with van der Waals surface area (Å²) in [5, 5.41) is 5.63. The van der Waals surface area contributed by atoms with Gasteiger partial charge in [-0.25, -0.2) is 4.79 Å². The Morgan fingerprint density at radius 3 is 2.16 bits per heavy atom. The zero-order valence-electron chi connectivity index (χ0n) is 20.9. The smallest absolute Gasteiger partial charge is 0.408 e. The van der Waals surface area contributed by atoms with Crippen molar-refractivity contribution in [1.82, 2.24) is 15.5 Å². The predicted molar refractivity (Wildman–Crippen MR) is 128 cm³/mol. The number of likely N-dealkylation sites (N-methyl/N-ethyl adjacent to an activating group) is 1. The summed E-state index contributed by atoms with van der Waals surface area (Å²) in [4.78, 5) is 40.5. The lowest BCUT2D eigenvalue weighted by atomic mass is 9.97. The highest BCUT2D eigenvalue weighted by atomic mass is 16.6. The second kappa shape index (κ2) is 10.7. The van der Waals surface area contributed by atoms with E-state index >= 15 is 0 Å². The lowest BCUT2D eigenvalue weighted by molar-refractivity contribution is -0.142. The van der Waals surface area contributed by atoms with Gasteiger partial charge in [0.05, 0.1) is 0 Å². The summed E-state index contributed by atoms with van der Waals surface area (Å²) >= 11 is 0. The van der Waals surface area contributed by atoms with Crippen LogP contribution in [0.25, 0.3) is 6.08 Å². The number of ether oxygens (including phenoxy) is 1. The molecule has 1 aromatic rings. The van der Waals surface area contributed by atoms with E-state index in [-0.39, 0.29) is 17.7 Å². The summed E-state index contributed by atoms with van der Waals surface area (Å²) in [6, 6.07) is 5.58. The summed E-state index contributed by atoms with van der Waals surface area (Å²) in [5.74, 6) is -0.915. The molecule has 0 saturated carbocycles. The number of rotatable bonds is 7. The molecule has 0 fully saturated rings. The maximum atomic E-state index is 13.5. The molecule has 1 aromatic carbocycles. The molecule has 3 amide bonds. The molecule has 0 aliphatic rings. The third kappa shape index (κ3) is 8.36. The van der Waals surface area contributed by atoms with Crippen LogP contribution < -0.4 is 10.6 Å². The van der Waals surface area contributed by atoms with Crippen molar-refractivity contribution >= 4 is 24.0 Å². The molecule has 2 unspecified atom stereocenters. The van der Waals surface area contributed by atoms with Gasteiger partial charge in [0.2, 0.25) is 11.8 Å². The Morgan fingerprint density at radius 2 is 1.69 bits per heavy atom. The fraction of sp³-hybridized carbons (Fsp3) is 0.560. The predicted octanol–water partition coefficient (Wildman–Crippen LogP) is 4.29. The van der Waals surface area contributed by atoms with Crippen LogP contribution in [0.2, 0.25) is 0 Å². The standard InChI is InChI=1S/C25H39N3O4/c1-11-17-13-12-14-18(15-17)20(21(29)27-24(4,5)6)28(10)22(30)19(16(2)3)26-23(31)32-25(7,8)9/h11-16,19-20H,1H2,2-10H3,(H,26,31)(H,27,29). The number of benzene rings is 1. The average Bonchev–Trinajstić information content (AvgIpc) is 2.62. The number of nitrogens with one attached hydrogen (secondary N) is 2. The summed E-state index contributed by atoms with van der Waals surface area (Å²) in [6.07, 6.45) is 1.01. The first-order valence-corrected chi connectivity index (χ1v) is 10.9. The first-order chi connectivity index (χ1) is 14.6. The molecule has 0 heterocycles. The average molecular weight is 446 g/mol. The van der Waals surface area contributed by atoms with Crippen LogP contribution in [0.15, 0.2) is 30.8 Å². The molecule has 0 bridgehead atoms. The van der Waals surface area contributed by atoms with E-state index < -0.39 is 29.3 Å². The fourth-order valence-corrected chi connectivity index (χ4v) is 3.14. The highest BCUT2D eigenvalue weighted by Crippen LogP contribution is 2.24. The van der Waals surface area contributed by atoms with Crippen molar-refractivity contribution in [2.45, 2.75) is 78.6 Å². The number of carbonyl (C=O) groups excluding carboxylic acids is 3. The van der Waals surface area contributed by atoms with E-state index in [1.54, 1.807) is 40.0 Å². The number of hydrogen-bond donors (Lipinski definition) is 2. The topological polar surface area (TPSA) is 87.7 Å². The van der Waals surface area contributed by atoms with Gasteiger partial charge in [-0.3, -0.25) is 9.59 Å². The van der Waals surface area contributed by atoms with Crippen LogP contribution in [0.1, 0.15) is 72.6 Å². The summed E-state index contributed by atoms with van der Waals surface area (Å²) < 4.78 is 5.33. The molecule has 2 atom stereocenters. The Kier molecular flexibility index (Phi) is 9.06. The third-order valence-corrected chi connectivity index (χ3v) is 4.55. The Hall–Kier alpha value is -2.83. The number of nitrogens with zero attached hydrogens (tertiary/aromatic N) is 1. The molecule has 0 aliphatic heterocycles. The molecule has 32 heavy (non-hydrogen) atoms. The minimum absolute atomic E-state index is 0.219. The van der Waals surface area contributed by atoms with Crippen molar-refractivity contribution in [2.24, 2.45) is 5.92 Å². The third-order valence-electron chi connectivity index (χ3n) is 4.55. The van der Waals surface area contributed by atoms with E-state index in [1.165, 1.54) is 4.90 Å². The van der Waals surface area contributed by atoms with Crippen molar-refractivity contribution in [2.75, 3.05) is 7.05 Å². The quantitative estimate of drug-likeness (QED) is 0.655. The van der Waals surface area contributed by atoms with Crippen molar-refractivity contribution in [1.29, 1.82) is 0 Å². The second-order valence-electron chi connectivity index (χ2n) is 10.3. The van der Waals surface area contributed by atoms with Gasteiger partial charge in [-0.2, -0.15) is 0 Å². The van der Waals surface area contributed by atoms with Crippen LogP contribution in [0.4, 0.5) is 4.79 Å². The monoisotopic (exact) mass is 445 g/mol. The number of hydrogen-bond acceptors (Lipinski definition) is 4. The molecule has 178 valence electrons. The lowest BCUT2D eigenvalue weighted by Crippen LogP contribution is -2.55. The van der Waals surface area contributed by atoms with Crippen LogP contribution in [0.5, 0.6) is 0 Å². The maximum Gasteiger partial charge on any atom is 0.408 e. The largest absolute Gasteiger partial charge is 0.444 e. The Bertz CT molecular complexity index is 834. The molecular weight excluding hydrogens is 406 g/mol. The highest BCUT2D eigenvalue weighted by molar-refractivity contribution is 5.92. The molecule has 0 spiro atoms. The molecular formula is C25H39N3O4. The molecule has 0 aromatic heterocycles. The minimum atomic E-state index is -0.886. The van der Waals surface area contributed by atoms with Crippen LogP contribution in [-0.2, 0) is 14.3 Å². The van der Waals surface area contributed by atoms with Gasteiger partial charge in [0.25, 0.3) is 0 Å². The van der Waals surface area contributed by atoms with Crippen molar-refractivity contribution < 1.29 is 19.1 Å². The SMILES string of the molecule is C=Cc1cccc(C(C(=O)NC(C)(C)C)N(C)C(=O)C(NC(=O)OC(C)(C)C)C(C)C)c1. The maximum absolute atomic E-state index is 13.5. The summed E-state index contributed by atoms with van der Waals surface area (Å²) in [6.45, 7) is 18.3. The molecule has 7 nitrogen and oxygen atoms in total. The first kappa shape index (κ1) is 27.2. The Labute approximate surface area is 192 Å². The molecule has 0 radical (unpaired) electrons. The first-order valence-electron chi connectivity index (χ1n) is 10.9. The molecule has 0 aliphatic carbocycles. The van der Waals surface area contributed by atoms with Crippen LogP contribution in [0, 0.1) is 5.92 Å². The second-order valence-corrected chi connectivity index (χ2v) is 10.3. The number of carbonyl (C=O) groups is 3. The normalized spacial score (nSPS) is 13.7. The fourth-order valence-electron chi connectivity index (χ4n) is 3.14. The van der Waals surface area contributed by atoms with Crippen molar-refractivity contribution in [3.05, 3.63) is 42.0 Å². The van der Waals surface area contributed by atoms with E-state index in [4.69, 9.17) is 4.74 Å². The van der Waals surface area contributed by atoms with Crippen LogP contribution in [0.3, 0.4) is 0 Å². The molecule has 2 N–H and O–H groups in total. The van der Waals surface area contributed by atoms with E-state index in [9.17, 15) is 14.4 Å². The van der Waals surface area contributed by atoms with Crippen LogP contribution in [-0.4, -0.2) is 47.0 Å². The van der Waals surface area contributed by atoms with E-state index in [0.717, 1.165) is 5.56 Å². The van der Waals surface area contributed by atoms with Gasteiger partial charge in [-0.05, 0) is 64.7 Å². The van der Waals surface area contributed by atoms with E-state index in [2.05, 4.69) is 17.2 Å². The number of amides is 3. The van der Waals surface area contributed by atoms with Crippen LogP contribution >= 0.6 is 0 Å². The van der Waals surface area contributed by atoms with Gasteiger partial charge in [0, 0.05) is 12.6 Å². The van der Waals surface area contributed by atoms with Gasteiger partial charge < -0.3 is 20.3 Å². The zero-order chi connectivity index (χ0) is 24.9. The van der Waals surface area contributed by atoms with Gasteiger partial charge in [-0.1, -0.05) is 44.7 Å². The van der Waals surface area contributed by atoms with Crippen molar-refractivity contribution in [3.8, 4) is 0 Å². The van der Waals surface area contributed by atoms with Gasteiger partial charge in [-0.15, -0.1) is 0 Å². The number of alkyl carbamates (subject to hydrolysis) is 1. The minimum Gasteiger partial charge on any atom is -0.444 e. The Balaban J connectivity index is 3.31. The van der Waals surface area contributed by atoms with E-state index in [1.807, 2.05) is 52.8 Å².